The van der Waals surface area contributed by atoms with E-state index in [0.29, 0.717) is 6.42 Å². The molecule has 1 heterocycles. The van der Waals surface area contributed by atoms with Crippen LogP contribution in [-0.2, 0) is 9.84 Å². The highest BCUT2D eigenvalue weighted by Crippen LogP contribution is 2.58. The van der Waals surface area contributed by atoms with Crippen molar-refractivity contribution in [3.05, 3.63) is 88.5 Å². The van der Waals surface area contributed by atoms with Gasteiger partial charge in [0.1, 0.15) is 11.7 Å². The molecule has 2 fully saturated rings. The van der Waals surface area contributed by atoms with Gasteiger partial charge >= 0.3 is 0 Å². The molecule has 6 atom stereocenters. The summed E-state index contributed by atoms with van der Waals surface area (Å²) >= 11 is 6.29. The molecular weight excluding hydrogens is 569 g/mol. The third-order valence-electron chi connectivity index (χ3n) is 8.23. The number of carbonyl (C=O) groups is 1. The lowest BCUT2D eigenvalue weighted by Gasteiger charge is -2.45. The Labute approximate surface area is 233 Å². The summed E-state index contributed by atoms with van der Waals surface area (Å²) in [6.07, 6.45) is -1.05. The quantitative estimate of drug-likeness (QED) is 0.343. The summed E-state index contributed by atoms with van der Waals surface area (Å²) in [4.78, 5) is 16.2. The highest BCUT2D eigenvalue weighted by Gasteiger charge is 2.62. The van der Waals surface area contributed by atoms with Gasteiger partial charge in [0.05, 0.1) is 20.9 Å². The number of fused-ring (bicyclic) bond motifs is 2. The lowest BCUT2D eigenvalue weighted by atomic mass is 9.69. The number of nitrogens with zero attached hydrogens (tertiary/aromatic N) is 1. The summed E-state index contributed by atoms with van der Waals surface area (Å²) < 4.78 is 68.2. The monoisotopic (exact) mass is 594 g/mol. The van der Waals surface area contributed by atoms with Crippen molar-refractivity contribution in [2.45, 2.75) is 48.0 Å². The molecule has 3 aromatic rings. The van der Waals surface area contributed by atoms with Gasteiger partial charge in [-0.1, -0.05) is 24.6 Å². The van der Waals surface area contributed by atoms with E-state index in [9.17, 15) is 36.6 Å². The molecule has 40 heavy (non-hydrogen) atoms. The number of hydrogen-bond acceptors (Lipinski definition) is 6. The Morgan fingerprint density at radius 1 is 1.07 bits per heavy atom. The molecule has 212 valence electrons. The van der Waals surface area contributed by atoms with Gasteiger partial charge in [0.15, 0.2) is 21.5 Å². The minimum absolute atomic E-state index is 0.00445. The van der Waals surface area contributed by atoms with E-state index in [0.717, 1.165) is 30.3 Å². The first-order chi connectivity index (χ1) is 18.8. The topological polar surface area (TPSA) is 117 Å². The van der Waals surface area contributed by atoms with Crippen molar-refractivity contribution >= 4 is 33.0 Å². The van der Waals surface area contributed by atoms with Crippen molar-refractivity contribution in [1.82, 2.24) is 4.98 Å². The number of hydrogen-bond donors (Lipinski definition) is 3. The zero-order valence-electron chi connectivity index (χ0n) is 21.2. The molecule has 0 saturated heterocycles. The second-order valence-electron chi connectivity index (χ2n) is 10.6. The van der Waals surface area contributed by atoms with Gasteiger partial charge in [0, 0.05) is 17.3 Å². The first kappa shape index (κ1) is 28.5. The van der Waals surface area contributed by atoms with Gasteiger partial charge in [-0.3, -0.25) is 4.79 Å². The number of nitrogens with one attached hydrogen (secondary N) is 1. The smallest absolute Gasteiger partial charge is 0.255 e. The molecule has 3 unspecified atom stereocenters. The Bertz CT molecular complexity index is 1590. The summed E-state index contributed by atoms with van der Waals surface area (Å²) in [7, 11) is -4.12. The fraction of sp³-hybridized carbons (Fsp3) is 0.357. The average Bonchev–Trinajstić information content (AvgIpc) is 3.02. The van der Waals surface area contributed by atoms with Crippen LogP contribution >= 0.6 is 11.6 Å². The van der Waals surface area contributed by atoms with Crippen molar-refractivity contribution in [3.63, 3.8) is 0 Å². The summed E-state index contributed by atoms with van der Waals surface area (Å²) in [6, 6.07) is 10.4. The van der Waals surface area contributed by atoms with E-state index in [4.69, 9.17) is 11.6 Å². The normalized spacial score (nSPS) is 26.9. The van der Waals surface area contributed by atoms with Gasteiger partial charge in [0.25, 0.3) is 5.91 Å². The molecule has 2 aliphatic carbocycles. The second kappa shape index (κ2) is 10.4. The zero-order chi connectivity index (χ0) is 29.0. The van der Waals surface area contributed by atoms with E-state index in [-0.39, 0.29) is 45.6 Å². The lowest BCUT2D eigenvalue weighted by Crippen LogP contribution is -2.52. The molecule has 0 aliphatic heterocycles. The fourth-order valence-electron chi connectivity index (χ4n) is 6.28. The number of pyridine rings is 1. The molecule has 1 aromatic heterocycles. The number of aromatic nitrogens is 1. The van der Waals surface area contributed by atoms with Crippen LogP contribution in [0.2, 0.25) is 5.02 Å². The van der Waals surface area contributed by atoms with Crippen LogP contribution in [0.25, 0.3) is 0 Å². The minimum Gasteiger partial charge on any atom is -0.386 e. The van der Waals surface area contributed by atoms with Crippen LogP contribution < -0.4 is 5.32 Å². The van der Waals surface area contributed by atoms with Crippen molar-refractivity contribution in [3.8, 4) is 0 Å². The number of anilines is 1. The fourth-order valence-corrected chi connectivity index (χ4v) is 8.65. The van der Waals surface area contributed by atoms with E-state index in [1.54, 1.807) is 0 Å². The van der Waals surface area contributed by atoms with Crippen LogP contribution in [0.5, 0.6) is 0 Å². The third-order valence-corrected chi connectivity index (χ3v) is 10.9. The highest BCUT2D eigenvalue weighted by molar-refractivity contribution is 7.92. The van der Waals surface area contributed by atoms with Crippen LogP contribution in [0.15, 0.2) is 59.5 Å². The molecule has 0 radical (unpaired) electrons. The Balaban J connectivity index is 1.41. The zero-order valence-corrected chi connectivity index (χ0v) is 22.8. The summed E-state index contributed by atoms with van der Waals surface area (Å²) in [5.41, 5.74) is -1.83. The number of halogens is 4. The molecule has 2 saturated carbocycles. The number of carbonyl (C=O) groups excluding carboxylic acids is 1. The number of benzene rings is 2. The van der Waals surface area contributed by atoms with Gasteiger partial charge in [-0.2, -0.15) is 4.39 Å². The molecule has 12 heteroatoms. The standard InChI is InChI=1S/C28H26ClF3N2O5S/c1-14-9-16-11-18(13-19(14)28(16,37)26(35)23-3-2-4-25(32)34-23)40(38,39)24-10-15(5-7-20(24)29)27(36)33-17-6-8-21(30)22(31)12-17/h2-8,10,12,14,16,18-19,26,35,37H,9,11,13H2,1H3,(H,33,36)/t14-,16?,18?,19?,26-,28+/m0/s1. The van der Waals surface area contributed by atoms with Gasteiger partial charge in [-0.15, -0.1) is 0 Å². The molecule has 1 amide bonds. The first-order valence-corrected chi connectivity index (χ1v) is 14.6. The van der Waals surface area contributed by atoms with Crippen molar-refractivity contribution in [2.24, 2.45) is 17.8 Å². The number of rotatable bonds is 6. The molecule has 2 bridgehead atoms. The lowest BCUT2D eigenvalue weighted by molar-refractivity contribution is -0.149. The Morgan fingerprint density at radius 3 is 2.50 bits per heavy atom. The molecule has 3 N–H and O–H groups in total. The minimum atomic E-state index is -4.12. The van der Waals surface area contributed by atoms with Gasteiger partial charge in [0.2, 0.25) is 5.95 Å². The number of sulfone groups is 1. The molecule has 2 aliphatic rings. The van der Waals surface area contributed by atoms with E-state index in [1.165, 1.54) is 24.3 Å². The predicted octanol–water partition coefficient (Wildman–Crippen LogP) is 5.08. The van der Waals surface area contributed by atoms with Crippen molar-refractivity contribution in [1.29, 1.82) is 0 Å². The maximum absolute atomic E-state index is 13.8. The third kappa shape index (κ3) is 4.89. The van der Waals surface area contributed by atoms with Crippen molar-refractivity contribution in [2.75, 3.05) is 5.32 Å². The van der Waals surface area contributed by atoms with E-state index in [2.05, 4.69) is 10.3 Å². The number of aliphatic hydroxyl groups is 2. The highest BCUT2D eigenvalue weighted by atomic mass is 35.5. The molecule has 7 nitrogen and oxygen atoms in total. The van der Waals surface area contributed by atoms with E-state index < -0.39 is 62.1 Å². The van der Waals surface area contributed by atoms with Crippen molar-refractivity contribution < 1.29 is 36.6 Å². The molecular formula is C28H26ClF3N2O5S. The van der Waals surface area contributed by atoms with Crippen LogP contribution in [0.1, 0.15) is 48.3 Å². The SMILES string of the molecule is C[C@H]1CC2CC(S(=O)(=O)c3cc(C(=O)Nc4ccc(F)c(F)c4)ccc3Cl)CC1[C@@]2(O)[C@@H](O)c1cccc(F)n1. The Kier molecular flexibility index (Phi) is 7.45. The Hall–Kier alpha value is -2.99. The predicted molar refractivity (Wildman–Crippen MR) is 141 cm³/mol. The van der Waals surface area contributed by atoms with Crippen LogP contribution in [0.3, 0.4) is 0 Å². The van der Waals surface area contributed by atoms with Crippen LogP contribution in [0, 0.1) is 35.3 Å². The van der Waals surface area contributed by atoms with Gasteiger partial charge in [-0.05, 0) is 79.5 Å². The molecule has 0 spiro atoms. The molecule has 2 aromatic carbocycles. The number of aliphatic hydroxyl groups excluding tert-OH is 1. The summed E-state index contributed by atoms with van der Waals surface area (Å²) in [5, 5.41) is 24.1. The van der Waals surface area contributed by atoms with Crippen LogP contribution in [-0.4, -0.2) is 40.4 Å². The summed E-state index contributed by atoms with van der Waals surface area (Å²) in [6.45, 7) is 1.87. The first-order valence-electron chi connectivity index (χ1n) is 12.6. The maximum atomic E-state index is 13.8. The number of amides is 1. The van der Waals surface area contributed by atoms with Gasteiger partial charge < -0.3 is 15.5 Å². The maximum Gasteiger partial charge on any atom is 0.255 e. The van der Waals surface area contributed by atoms with Crippen LogP contribution in [0.4, 0.5) is 18.9 Å². The largest absolute Gasteiger partial charge is 0.386 e. The average molecular weight is 595 g/mol. The Morgan fingerprint density at radius 2 is 1.82 bits per heavy atom. The van der Waals surface area contributed by atoms with E-state index in [1.807, 2.05) is 6.92 Å². The van der Waals surface area contributed by atoms with E-state index >= 15 is 0 Å². The summed E-state index contributed by atoms with van der Waals surface area (Å²) in [5.74, 6) is -5.19. The molecule has 5 rings (SSSR count). The van der Waals surface area contributed by atoms with Gasteiger partial charge in [-0.25, -0.2) is 22.2 Å². The second-order valence-corrected chi connectivity index (χ2v) is 13.2.